The first-order valence-corrected chi connectivity index (χ1v) is 8.48. The van der Waals surface area contributed by atoms with E-state index in [1.807, 2.05) is 0 Å². The number of rotatable bonds is 8. The van der Waals surface area contributed by atoms with E-state index in [2.05, 4.69) is 25.7 Å². The van der Waals surface area contributed by atoms with Crippen molar-refractivity contribution in [3.05, 3.63) is 34.1 Å². The second-order valence-electron chi connectivity index (χ2n) is 5.77. The number of carbonyl (C=O) groups is 2. The van der Waals surface area contributed by atoms with Crippen LogP contribution in [0.25, 0.3) is 0 Å². The van der Waals surface area contributed by atoms with Gasteiger partial charge in [0.2, 0.25) is 11.8 Å². The van der Waals surface area contributed by atoms with Crippen LogP contribution in [-0.2, 0) is 9.59 Å². The molecule has 0 heterocycles. The molecule has 22 heavy (non-hydrogen) atoms. The third kappa shape index (κ3) is 6.98. The van der Waals surface area contributed by atoms with Crippen LogP contribution >= 0.6 is 11.8 Å². The molecule has 0 radical (unpaired) electrons. The maximum atomic E-state index is 11.7. The first kappa shape index (κ1) is 18.6. The monoisotopic (exact) mass is 322 g/mol. The molecule has 0 bridgehead atoms. The maximum absolute atomic E-state index is 11.7. The van der Waals surface area contributed by atoms with Gasteiger partial charge >= 0.3 is 0 Å². The number of hydrogen-bond donors (Lipinski definition) is 2. The molecular formula is C17H26N2O2S. The van der Waals surface area contributed by atoms with Crippen molar-refractivity contribution >= 4 is 23.6 Å². The molecule has 0 aromatic carbocycles. The van der Waals surface area contributed by atoms with Crippen LogP contribution in [0.1, 0.15) is 46.0 Å². The van der Waals surface area contributed by atoms with E-state index in [0.717, 1.165) is 17.7 Å². The van der Waals surface area contributed by atoms with Crippen molar-refractivity contribution in [3.8, 4) is 0 Å². The zero-order chi connectivity index (χ0) is 16.5. The molecule has 0 aromatic rings. The van der Waals surface area contributed by atoms with Crippen molar-refractivity contribution in [2.24, 2.45) is 11.7 Å². The van der Waals surface area contributed by atoms with E-state index < -0.39 is 5.91 Å². The molecule has 1 atom stereocenters. The highest BCUT2D eigenvalue weighted by atomic mass is 32.2. The van der Waals surface area contributed by atoms with Gasteiger partial charge in [-0.05, 0) is 43.4 Å². The summed E-state index contributed by atoms with van der Waals surface area (Å²) in [5.74, 6) is 0.131. The average molecular weight is 322 g/mol. The Balaban J connectivity index is 2.67. The Labute approximate surface area is 137 Å². The third-order valence-corrected chi connectivity index (χ3v) is 4.90. The lowest BCUT2D eigenvalue weighted by Crippen LogP contribution is -2.25. The lowest BCUT2D eigenvalue weighted by Gasteiger charge is -2.23. The molecule has 0 aromatic heterocycles. The number of primary amides is 1. The van der Waals surface area contributed by atoms with Gasteiger partial charge in [-0.1, -0.05) is 30.3 Å². The van der Waals surface area contributed by atoms with Crippen molar-refractivity contribution in [2.45, 2.75) is 46.0 Å². The summed E-state index contributed by atoms with van der Waals surface area (Å²) in [6, 6.07) is 0. The molecule has 3 N–H and O–H groups in total. The van der Waals surface area contributed by atoms with E-state index in [4.69, 9.17) is 5.73 Å². The Morgan fingerprint density at radius 2 is 2.23 bits per heavy atom. The second kappa shape index (κ2) is 9.51. The lowest BCUT2D eigenvalue weighted by atomic mass is 9.92. The van der Waals surface area contributed by atoms with E-state index in [-0.39, 0.29) is 5.91 Å². The normalized spacial score (nSPS) is 19.0. The van der Waals surface area contributed by atoms with Gasteiger partial charge in [0, 0.05) is 23.9 Å². The largest absolute Gasteiger partial charge is 0.366 e. The van der Waals surface area contributed by atoms with E-state index >= 15 is 0 Å². The van der Waals surface area contributed by atoms with Crippen LogP contribution in [0.3, 0.4) is 0 Å². The summed E-state index contributed by atoms with van der Waals surface area (Å²) >= 11 is 1.58. The zero-order valence-electron chi connectivity index (χ0n) is 13.5. The highest BCUT2D eigenvalue weighted by Crippen LogP contribution is 2.38. The number of amides is 2. The second-order valence-corrected chi connectivity index (χ2v) is 6.99. The minimum atomic E-state index is -0.482. The molecule has 0 saturated heterocycles. The van der Waals surface area contributed by atoms with Crippen LogP contribution < -0.4 is 11.1 Å². The molecular weight excluding hydrogens is 296 g/mol. The molecule has 1 aliphatic rings. The van der Waals surface area contributed by atoms with Gasteiger partial charge in [-0.15, -0.1) is 6.58 Å². The maximum Gasteiger partial charge on any atom is 0.242 e. The van der Waals surface area contributed by atoms with Crippen LogP contribution in [-0.4, -0.2) is 18.4 Å². The Morgan fingerprint density at radius 3 is 2.86 bits per heavy atom. The highest BCUT2D eigenvalue weighted by molar-refractivity contribution is 8.06. The summed E-state index contributed by atoms with van der Waals surface area (Å²) in [5.41, 5.74) is 6.65. The van der Waals surface area contributed by atoms with E-state index in [1.54, 1.807) is 17.8 Å². The predicted molar refractivity (Wildman–Crippen MR) is 93.0 cm³/mol. The minimum Gasteiger partial charge on any atom is -0.366 e. The fraction of sp³-hybridized carbons (Fsp3) is 0.529. The van der Waals surface area contributed by atoms with E-state index in [0.29, 0.717) is 25.3 Å². The van der Waals surface area contributed by atoms with E-state index in [1.165, 1.54) is 23.0 Å². The van der Waals surface area contributed by atoms with Crippen LogP contribution in [0.5, 0.6) is 0 Å². The number of allylic oxidation sites excluding steroid dienone is 3. The molecule has 2 amide bonds. The van der Waals surface area contributed by atoms with Crippen LogP contribution in [0, 0.1) is 5.92 Å². The summed E-state index contributed by atoms with van der Waals surface area (Å²) in [6.45, 7) is 8.31. The van der Waals surface area contributed by atoms with Crippen LogP contribution in [0.4, 0.5) is 0 Å². The standard InChI is InChI=1S/C17H26N2O2S/c1-4-5-6-17(21)19-11-14(10-16(18)20)22-15-9-12(2)7-8-13(15)3/h4,10,12H,1,5-9,11H2,2-3H3,(H2,18,20)(H,19,21)/b14-10+. The molecule has 122 valence electrons. The number of nitrogens with one attached hydrogen (secondary N) is 1. The predicted octanol–water partition coefficient (Wildman–Crippen LogP) is 3.27. The van der Waals surface area contributed by atoms with Gasteiger partial charge in [-0.25, -0.2) is 0 Å². The molecule has 1 aliphatic carbocycles. The van der Waals surface area contributed by atoms with Gasteiger partial charge in [0.15, 0.2) is 0 Å². The molecule has 4 nitrogen and oxygen atoms in total. The Hall–Kier alpha value is -1.49. The SMILES string of the molecule is C=CCCC(=O)NC/C(=C\C(N)=O)SC1=C(C)CCC(C)C1. The molecule has 5 heteroatoms. The molecule has 0 aliphatic heterocycles. The molecule has 0 fully saturated rings. The van der Waals surface area contributed by atoms with Crippen molar-refractivity contribution in [2.75, 3.05) is 6.54 Å². The lowest BCUT2D eigenvalue weighted by molar-refractivity contribution is -0.121. The smallest absolute Gasteiger partial charge is 0.242 e. The van der Waals surface area contributed by atoms with Crippen LogP contribution in [0.15, 0.2) is 34.1 Å². The van der Waals surface area contributed by atoms with Crippen molar-refractivity contribution < 1.29 is 9.59 Å². The van der Waals surface area contributed by atoms with Gasteiger partial charge in [0.1, 0.15) is 0 Å². The summed E-state index contributed by atoms with van der Waals surface area (Å²) in [6.07, 6.45) is 7.52. The fourth-order valence-electron chi connectivity index (χ4n) is 2.26. The minimum absolute atomic E-state index is 0.0430. The highest BCUT2D eigenvalue weighted by Gasteiger charge is 2.17. The van der Waals surface area contributed by atoms with Gasteiger partial charge in [-0.3, -0.25) is 9.59 Å². The summed E-state index contributed by atoms with van der Waals surface area (Å²) in [4.78, 5) is 25.0. The quantitative estimate of drug-likeness (QED) is 0.532. The summed E-state index contributed by atoms with van der Waals surface area (Å²) in [5, 5.41) is 2.83. The number of nitrogens with two attached hydrogens (primary N) is 1. The number of carbonyl (C=O) groups excluding carboxylic acids is 2. The summed E-state index contributed by atoms with van der Waals surface area (Å²) < 4.78 is 0. The Kier molecular flexibility index (Phi) is 8.02. The first-order valence-electron chi connectivity index (χ1n) is 7.66. The fourth-order valence-corrected chi connectivity index (χ4v) is 3.54. The number of hydrogen-bond acceptors (Lipinski definition) is 3. The first-order chi connectivity index (χ1) is 10.4. The van der Waals surface area contributed by atoms with E-state index in [9.17, 15) is 9.59 Å². The average Bonchev–Trinajstić information content (AvgIpc) is 2.45. The summed E-state index contributed by atoms with van der Waals surface area (Å²) in [7, 11) is 0. The van der Waals surface area contributed by atoms with Crippen molar-refractivity contribution in [1.29, 1.82) is 0 Å². The third-order valence-electron chi connectivity index (χ3n) is 3.61. The van der Waals surface area contributed by atoms with Gasteiger partial charge in [0.25, 0.3) is 0 Å². The van der Waals surface area contributed by atoms with Crippen molar-refractivity contribution in [3.63, 3.8) is 0 Å². The van der Waals surface area contributed by atoms with Gasteiger partial charge in [0.05, 0.1) is 0 Å². The van der Waals surface area contributed by atoms with Crippen molar-refractivity contribution in [1.82, 2.24) is 5.32 Å². The topological polar surface area (TPSA) is 72.2 Å². The zero-order valence-corrected chi connectivity index (χ0v) is 14.3. The number of thioether (sulfide) groups is 1. The Bertz CT molecular complexity index is 495. The Morgan fingerprint density at radius 1 is 1.50 bits per heavy atom. The molecule has 0 spiro atoms. The molecule has 1 rings (SSSR count). The van der Waals surface area contributed by atoms with Crippen LogP contribution in [0.2, 0.25) is 0 Å². The van der Waals surface area contributed by atoms with Gasteiger partial charge in [-0.2, -0.15) is 0 Å². The van der Waals surface area contributed by atoms with Gasteiger partial charge < -0.3 is 11.1 Å². The molecule has 0 saturated carbocycles. The molecule has 1 unspecified atom stereocenters.